The van der Waals surface area contributed by atoms with Crippen LogP contribution in [0.15, 0.2) is 53.6 Å². The Balaban J connectivity index is 2.33. The number of hydrogen-bond donors (Lipinski definition) is 2. The smallest absolute Gasteiger partial charge is 0.412 e. The Morgan fingerprint density at radius 1 is 1.09 bits per heavy atom. The lowest BCUT2D eigenvalue weighted by atomic mass is 9.88. The molecule has 0 unspecified atom stereocenters. The Labute approximate surface area is 197 Å². The Bertz CT molecular complexity index is 1020. The van der Waals surface area contributed by atoms with E-state index in [-0.39, 0.29) is 25.5 Å². The molecular formula is C25H29F2NO6. The van der Waals surface area contributed by atoms with Crippen molar-refractivity contribution in [3.05, 3.63) is 70.8 Å². The van der Waals surface area contributed by atoms with Crippen molar-refractivity contribution in [2.45, 2.75) is 33.8 Å². The molecule has 2 aromatic rings. The topological polar surface area (TPSA) is 94.1 Å². The summed E-state index contributed by atoms with van der Waals surface area (Å²) in [5.41, 5.74) is 1.38. The monoisotopic (exact) mass is 477 g/mol. The van der Waals surface area contributed by atoms with Crippen molar-refractivity contribution in [3.63, 3.8) is 0 Å². The lowest BCUT2D eigenvalue weighted by Crippen LogP contribution is -2.24. The van der Waals surface area contributed by atoms with E-state index < -0.39 is 35.7 Å². The fourth-order valence-corrected chi connectivity index (χ4v) is 3.19. The molecule has 2 N–H and O–H groups in total. The maximum Gasteiger partial charge on any atom is 0.412 e. The summed E-state index contributed by atoms with van der Waals surface area (Å²) in [6.07, 6.45) is -1.82. The molecule has 0 aliphatic heterocycles. The van der Waals surface area contributed by atoms with Crippen molar-refractivity contribution in [2.75, 3.05) is 25.1 Å². The van der Waals surface area contributed by atoms with Gasteiger partial charge in [-0.2, -0.15) is 0 Å². The Kier molecular flexibility index (Phi) is 10.0. The van der Waals surface area contributed by atoms with E-state index >= 15 is 0 Å². The molecule has 1 amide bonds. The number of anilines is 1. The quantitative estimate of drug-likeness (QED) is 0.363. The van der Waals surface area contributed by atoms with Crippen molar-refractivity contribution in [3.8, 4) is 5.75 Å². The van der Waals surface area contributed by atoms with Gasteiger partial charge in [0.1, 0.15) is 30.1 Å². The first-order chi connectivity index (χ1) is 16.2. The highest BCUT2D eigenvalue weighted by Gasteiger charge is 2.28. The standard InChI is InChI=1S/C25H29F2NO6/c1-5-32-24(30)17(4)15(2)16(3)23(18-6-9-20(10-7-18)33-13-12-29)34-25(31)28-22-11-8-19(26)14-21(22)27/h6-11,14,16,23,29H,5,12-13H2,1-4H3,(H,28,31)/b17-15+/t16-,23+/m1/s1. The van der Waals surface area contributed by atoms with Crippen LogP contribution in [0.5, 0.6) is 5.75 Å². The van der Waals surface area contributed by atoms with Crippen molar-refractivity contribution in [2.24, 2.45) is 5.92 Å². The second kappa shape index (κ2) is 12.7. The van der Waals surface area contributed by atoms with Gasteiger partial charge in [0.2, 0.25) is 0 Å². The number of hydrogen-bond acceptors (Lipinski definition) is 6. The third-order valence-electron chi connectivity index (χ3n) is 5.28. The molecule has 0 radical (unpaired) electrons. The number of halogens is 2. The number of aliphatic hydroxyl groups is 1. The van der Waals surface area contributed by atoms with Crippen LogP contribution in [-0.4, -0.2) is 37.0 Å². The first-order valence-corrected chi connectivity index (χ1v) is 10.8. The van der Waals surface area contributed by atoms with E-state index in [4.69, 9.17) is 19.3 Å². The molecule has 9 heteroatoms. The maximum atomic E-state index is 14.0. The van der Waals surface area contributed by atoms with Crippen molar-refractivity contribution < 1.29 is 37.7 Å². The summed E-state index contributed by atoms with van der Waals surface area (Å²) in [6.45, 7) is 7.06. The summed E-state index contributed by atoms with van der Waals surface area (Å²) in [5, 5.41) is 11.2. The van der Waals surface area contributed by atoms with Crippen LogP contribution in [0.3, 0.4) is 0 Å². The second-order valence-electron chi connectivity index (χ2n) is 7.53. The summed E-state index contributed by atoms with van der Waals surface area (Å²) >= 11 is 0. The molecule has 0 fully saturated rings. The van der Waals surface area contributed by atoms with E-state index in [1.165, 1.54) is 0 Å². The molecule has 2 aromatic carbocycles. The first kappa shape index (κ1) is 26.8. The minimum Gasteiger partial charge on any atom is -0.491 e. The minimum absolute atomic E-state index is 0.127. The Morgan fingerprint density at radius 2 is 1.76 bits per heavy atom. The van der Waals surface area contributed by atoms with Crippen molar-refractivity contribution in [1.29, 1.82) is 0 Å². The molecule has 34 heavy (non-hydrogen) atoms. The summed E-state index contributed by atoms with van der Waals surface area (Å²) < 4.78 is 43.2. The summed E-state index contributed by atoms with van der Waals surface area (Å²) in [7, 11) is 0. The molecule has 2 atom stereocenters. The van der Waals surface area contributed by atoms with E-state index in [0.717, 1.165) is 12.1 Å². The SMILES string of the molecule is CCOC(=O)/C(C)=C(\C)[C@@H](C)[C@H](OC(=O)Nc1ccc(F)cc1F)c1ccc(OCCO)cc1. The Morgan fingerprint density at radius 3 is 2.35 bits per heavy atom. The van der Waals surface area contributed by atoms with Gasteiger partial charge in [0.05, 0.1) is 18.9 Å². The number of ether oxygens (including phenoxy) is 3. The van der Waals surface area contributed by atoms with Gasteiger partial charge in [-0.25, -0.2) is 18.4 Å². The minimum atomic E-state index is -0.954. The lowest BCUT2D eigenvalue weighted by Gasteiger charge is -2.26. The summed E-state index contributed by atoms with van der Waals surface area (Å²) in [6, 6.07) is 9.44. The van der Waals surface area contributed by atoms with Crippen molar-refractivity contribution >= 4 is 17.7 Å². The van der Waals surface area contributed by atoms with Gasteiger partial charge >= 0.3 is 12.1 Å². The fourth-order valence-electron chi connectivity index (χ4n) is 3.19. The normalized spacial score (nSPS) is 13.4. The summed E-state index contributed by atoms with van der Waals surface area (Å²) in [5.74, 6) is -2.14. The second-order valence-corrected chi connectivity index (χ2v) is 7.53. The van der Waals surface area contributed by atoms with E-state index in [0.29, 0.717) is 28.5 Å². The van der Waals surface area contributed by atoms with E-state index in [2.05, 4.69) is 5.32 Å². The Hall–Kier alpha value is -3.46. The van der Waals surface area contributed by atoms with Gasteiger partial charge in [-0.15, -0.1) is 0 Å². The molecule has 0 aromatic heterocycles. The van der Waals surface area contributed by atoms with Crippen LogP contribution in [0.4, 0.5) is 19.3 Å². The maximum absolute atomic E-state index is 14.0. The lowest BCUT2D eigenvalue weighted by molar-refractivity contribution is -0.138. The molecule has 7 nitrogen and oxygen atoms in total. The zero-order valence-electron chi connectivity index (χ0n) is 19.6. The zero-order valence-corrected chi connectivity index (χ0v) is 19.6. The van der Waals surface area contributed by atoms with Gasteiger partial charge in [0, 0.05) is 17.6 Å². The van der Waals surface area contributed by atoms with Crippen LogP contribution in [0.2, 0.25) is 0 Å². The number of aliphatic hydroxyl groups excluding tert-OH is 1. The van der Waals surface area contributed by atoms with Crippen LogP contribution in [0.1, 0.15) is 39.4 Å². The van der Waals surface area contributed by atoms with Crippen LogP contribution >= 0.6 is 0 Å². The highest BCUT2D eigenvalue weighted by atomic mass is 19.1. The summed E-state index contributed by atoms with van der Waals surface area (Å²) in [4.78, 5) is 24.8. The van der Waals surface area contributed by atoms with Crippen molar-refractivity contribution in [1.82, 2.24) is 0 Å². The van der Waals surface area contributed by atoms with E-state index in [9.17, 15) is 18.4 Å². The number of esters is 1. The van der Waals surface area contributed by atoms with Gasteiger partial charge < -0.3 is 19.3 Å². The molecule has 0 heterocycles. The molecule has 0 aliphatic carbocycles. The molecule has 0 saturated heterocycles. The predicted octanol–water partition coefficient (Wildman–Crippen LogP) is 5.16. The van der Waals surface area contributed by atoms with Crippen LogP contribution in [-0.2, 0) is 14.3 Å². The van der Waals surface area contributed by atoms with Crippen LogP contribution in [0.25, 0.3) is 0 Å². The molecule has 0 bridgehead atoms. The molecule has 0 aliphatic rings. The van der Waals surface area contributed by atoms with Gasteiger partial charge in [0.15, 0.2) is 0 Å². The van der Waals surface area contributed by atoms with E-state index in [1.807, 2.05) is 0 Å². The number of benzene rings is 2. The third kappa shape index (κ3) is 7.28. The average Bonchev–Trinajstić information content (AvgIpc) is 2.82. The molecular weight excluding hydrogens is 448 g/mol. The van der Waals surface area contributed by atoms with Gasteiger partial charge in [0.25, 0.3) is 0 Å². The first-order valence-electron chi connectivity index (χ1n) is 10.8. The van der Waals surface area contributed by atoms with Crippen LogP contribution < -0.4 is 10.1 Å². The largest absolute Gasteiger partial charge is 0.491 e. The molecule has 0 spiro atoms. The number of amides is 1. The third-order valence-corrected chi connectivity index (χ3v) is 5.28. The number of carbonyl (C=O) groups is 2. The average molecular weight is 478 g/mol. The zero-order chi connectivity index (χ0) is 25.3. The molecule has 0 saturated carbocycles. The van der Waals surface area contributed by atoms with Gasteiger partial charge in [-0.1, -0.05) is 24.6 Å². The number of rotatable bonds is 10. The fraction of sp³-hybridized carbons (Fsp3) is 0.360. The predicted molar refractivity (Wildman–Crippen MR) is 122 cm³/mol. The van der Waals surface area contributed by atoms with Crippen LogP contribution in [0, 0.1) is 17.6 Å². The molecule has 2 rings (SSSR count). The van der Waals surface area contributed by atoms with E-state index in [1.54, 1.807) is 52.0 Å². The molecule has 184 valence electrons. The number of nitrogens with one attached hydrogen (secondary N) is 1. The number of carbonyl (C=O) groups excluding carboxylic acids is 2. The highest BCUT2D eigenvalue weighted by molar-refractivity contribution is 5.88. The van der Waals surface area contributed by atoms with Gasteiger partial charge in [-0.3, -0.25) is 5.32 Å². The van der Waals surface area contributed by atoms with Gasteiger partial charge in [-0.05, 0) is 50.6 Å². The highest BCUT2D eigenvalue weighted by Crippen LogP contribution is 2.34.